The summed E-state index contributed by atoms with van der Waals surface area (Å²) in [4.78, 5) is 10.1. The minimum absolute atomic E-state index is 0. The molecule has 2 amide bonds. The van der Waals surface area contributed by atoms with Crippen LogP contribution in [0.1, 0.15) is 0 Å². The number of rotatable bonds is 10. The number of aromatic hydroxyl groups is 4. The zero-order valence-electron chi connectivity index (χ0n) is 32.1. The summed E-state index contributed by atoms with van der Waals surface area (Å²) in [6.07, 6.45) is 0. The summed E-state index contributed by atoms with van der Waals surface area (Å²) < 4.78 is 116. The third-order valence-corrected chi connectivity index (χ3v) is 11.8. The number of fused-ring (bicyclic) bond motifs is 2. The van der Waals surface area contributed by atoms with Crippen molar-refractivity contribution in [3.8, 4) is 23.0 Å². The van der Waals surface area contributed by atoms with E-state index >= 15 is 0 Å². The third kappa shape index (κ3) is 12.7. The number of azo groups is 2. The van der Waals surface area contributed by atoms with Gasteiger partial charge >= 0.3 is 65.1 Å². The molecule has 12 N–H and O–H groups in total. The van der Waals surface area contributed by atoms with Gasteiger partial charge in [0.2, 0.25) is 20.0 Å². The maximum Gasteiger partial charge on any atom is 1.00 e. The van der Waals surface area contributed by atoms with Crippen molar-refractivity contribution >= 4 is 102 Å². The number of amides is 2. The summed E-state index contributed by atoms with van der Waals surface area (Å²) in [5, 5.41) is 71.5. The number of phenols is 4. The molecular weight excluding hydrogens is 1050 g/mol. The molecule has 6 aromatic carbocycles. The Bertz CT molecular complexity index is 3150. The van der Waals surface area contributed by atoms with Crippen LogP contribution in [0.3, 0.4) is 0 Å². The number of carbonyl (C=O) groups is 1. The van der Waals surface area contributed by atoms with Gasteiger partial charge in [-0.25, -0.2) is 31.9 Å². The number of nitrogens with zero attached hydrogens (tertiary/aromatic N) is 4. The summed E-state index contributed by atoms with van der Waals surface area (Å²) in [6.45, 7) is 0. The van der Waals surface area contributed by atoms with Gasteiger partial charge in [-0.05, 0) is 95.7 Å². The summed E-state index contributed by atoms with van der Waals surface area (Å²) in [5.74, 6) is -2.85. The summed E-state index contributed by atoms with van der Waals surface area (Å²) in [6, 6.07) is 13.7. The van der Waals surface area contributed by atoms with Crippen molar-refractivity contribution in [2.75, 3.05) is 10.6 Å². The fourth-order valence-corrected chi connectivity index (χ4v) is 7.85. The Hall–Kier alpha value is -3.81. The molecule has 0 saturated heterocycles. The number of phenolic OH excluding ortho intramolecular Hbond substituents is 4. The van der Waals surface area contributed by atoms with Gasteiger partial charge in [0.05, 0.1) is 9.79 Å². The Morgan fingerprint density at radius 3 is 1.16 bits per heavy atom. The predicted molar refractivity (Wildman–Crippen MR) is 211 cm³/mol. The van der Waals surface area contributed by atoms with Gasteiger partial charge in [0, 0.05) is 56.3 Å². The number of carbonyl (C=O) groups excluding carboxylic acids is 1. The molecule has 0 spiro atoms. The number of hydrogen-bond acceptors (Lipinski definition) is 17. The van der Waals surface area contributed by atoms with Gasteiger partial charge in [0.25, 0.3) is 20.2 Å². The zero-order chi connectivity index (χ0) is 44.1. The standard InChI is InChI=1S/C33H26N8O15S4.2Cu.2Na/c34-57(47,48)19-3-7-25(42)23(13-19)38-40-29-27(59(51,52)53)11-15-9-17(1-5-21(15)31(29)44)36-33(46)37-18-2-6-22-16(10-18)12-28(60(54,55)56)30(32(22)45)41-39-24-14-20(58(35,49)50)4-8-26(24)43;;;;/h1-14,42-45H,(H2,34,47,48)(H2,35,49,50)(H2,36,37,46)(H,51,52,53)(H,54,55,56);;;;/q;;;2*+1. The van der Waals surface area contributed by atoms with Gasteiger partial charge in [0.15, 0.2) is 11.5 Å². The number of nitrogens with one attached hydrogen (secondary N) is 2. The SMILES string of the molecule is NS(=O)(=O)c1ccc(O)c(N=Nc2c(S(=O)(=O)O)cc3cc(NC(=O)Nc4ccc5c(O)c(N=Nc6cc(S(N)(=O)=O)ccc6O)c(S(=O)(=O)O)cc5c4)ccc3c2O)c1.[Cu].[Cu].[Na+].[Na+]. The number of urea groups is 1. The van der Waals surface area contributed by atoms with Crippen LogP contribution in [0.4, 0.5) is 38.9 Å². The Morgan fingerprint density at radius 2 is 0.844 bits per heavy atom. The van der Waals surface area contributed by atoms with E-state index in [4.69, 9.17) is 10.3 Å². The largest absolute Gasteiger partial charge is 1.00 e. The maximum atomic E-state index is 13.0. The first-order valence-corrected chi connectivity index (χ1v) is 22.0. The third-order valence-electron chi connectivity index (χ3n) is 8.24. The van der Waals surface area contributed by atoms with Crippen LogP contribution in [-0.4, -0.2) is 69.2 Å². The Kier molecular flexibility index (Phi) is 18.7. The van der Waals surface area contributed by atoms with Crippen molar-refractivity contribution in [2.24, 2.45) is 30.7 Å². The van der Waals surface area contributed by atoms with Crippen molar-refractivity contribution in [3.63, 3.8) is 0 Å². The minimum Gasteiger partial charge on any atom is -0.506 e. The first-order valence-electron chi connectivity index (χ1n) is 16.0. The molecule has 0 heterocycles. The molecule has 0 unspecified atom stereocenters. The quantitative estimate of drug-likeness (QED) is 0.0451. The molecule has 31 heteroatoms. The summed E-state index contributed by atoms with van der Waals surface area (Å²) in [5.41, 5.74) is -2.57. The topological polar surface area (TPSA) is 401 Å². The van der Waals surface area contributed by atoms with E-state index in [1.807, 2.05) is 0 Å². The number of benzene rings is 6. The van der Waals surface area contributed by atoms with Gasteiger partial charge in [-0.15, -0.1) is 20.5 Å². The molecule has 0 aliphatic rings. The molecule has 6 rings (SSSR count). The first kappa shape index (κ1) is 56.3. The number of nitrogens with two attached hydrogens (primary N) is 2. The molecule has 2 radical (unpaired) electrons. The summed E-state index contributed by atoms with van der Waals surface area (Å²) >= 11 is 0. The molecule has 0 atom stereocenters. The molecule has 0 bridgehead atoms. The van der Waals surface area contributed by atoms with E-state index in [9.17, 15) is 68.0 Å². The predicted octanol–water partition coefficient (Wildman–Crippen LogP) is -0.919. The number of anilines is 2. The molecular formula is C33H26Cu2N8Na2O15S4+2. The molecule has 6 aromatic rings. The van der Waals surface area contributed by atoms with Crippen molar-refractivity contribution < 1.29 is 161 Å². The second kappa shape index (κ2) is 21.2. The van der Waals surface area contributed by atoms with E-state index in [-0.39, 0.29) is 126 Å². The van der Waals surface area contributed by atoms with Crippen LogP contribution in [0.2, 0.25) is 0 Å². The van der Waals surface area contributed by atoms with Crippen molar-refractivity contribution in [1.29, 1.82) is 0 Å². The van der Waals surface area contributed by atoms with Crippen molar-refractivity contribution in [2.45, 2.75) is 19.6 Å². The molecule has 0 aliphatic carbocycles. The first-order chi connectivity index (χ1) is 27.8. The molecule has 23 nitrogen and oxygen atoms in total. The molecule has 0 aliphatic heterocycles. The van der Waals surface area contributed by atoms with Crippen LogP contribution in [0.5, 0.6) is 23.0 Å². The van der Waals surface area contributed by atoms with Gasteiger partial charge in [0.1, 0.15) is 44.0 Å². The van der Waals surface area contributed by atoms with Crippen LogP contribution in [0.15, 0.2) is 125 Å². The van der Waals surface area contributed by atoms with Crippen LogP contribution < -0.4 is 80.0 Å². The smallest absolute Gasteiger partial charge is 0.506 e. The molecule has 0 saturated carbocycles. The second-order valence-corrected chi connectivity index (χ2v) is 18.2. The van der Waals surface area contributed by atoms with E-state index in [0.717, 1.165) is 48.5 Å². The second-order valence-electron chi connectivity index (χ2n) is 12.3. The van der Waals surface area contributed by atoms with E-state index in [1.165, 1.54) is 36.4 Å². The van der Waals surface area contributed by atoms with Crippen molar-refractivity contribution in [3.05, 3.63) is 84.9 Å². The fraction of sp³-hybridized carbons (Fsp3) is 0. The maximum absolute atomic E-state index is 13.0. The average molecular weight is 1080 g/mol. The Labute approximate surface area is 427 Å². The zero-order valence-corrected chi connectivity index (χ0v) is 41.3. The Morgan fingerprint density at radius 1 is 0.500 bits per heavy atom. The minimum atomic E-state index is -5.14. The van der Waals surface area contributed by atoms with Gasteiger partial charge in [-0.3, -0.25) is 9.11 Å². The van der Waals surface area contributed by atoms with Crippen LogP contribution >= 0.6 is 0 Å². The van der Waals surface area contributed by atoms with Gasteiger partial charge < -0.3 is 31.1 Å². The van der Waals surface area contributed by atoms with Gasteiger partial charge in [-0.1, -0.05) is 0 Å². The average Bonchev–Trinajstić information content (AvgIpc) is 3.13. The number of primary sulfonamides is 2. The normalized spacial score (nSPS) is 11.9. The Balaban J connectivity index is 0.00000352. The van der Waals surface area contributed by atoms with Crippen LogP contribution in [0, 0.1) is 0 Å². The number of sulfonamides is 2. The van der Waals surface area contributed by atoms with Gasteiger partial charge in [-0.2, -0.15) is 16.8 Å². The molecule has 0 fully saturated rings. The molecule has 0 aromatic heterocycles. The van der Waals surface area contributed by atoms with Crippen LogP contribution in [0.25, 0.3) is 21.5 Å². The van der Waals surface area contributed by atoms with Crippen molar-refractivity contribution in [1.82, 2.24) is 0 Å². The monoisotopic (exact) mass is 1070 g/mol. The summed E-state index contributed by atoms with van der Waals surface area (Å²) in [7, 11) is -18.8. The van der Waals surface area contributed by atoms with E-state index < -0.39 is 112 Å². The molecule has 64 heavy (non-hydrogen) atoms. The molecule has 334 valence electrons. The fourth-order valence-electron chi connectivity index (χ4n) is 5.47. The van der Waals surface area contributed by atoms with E-state index in [2.05, 4.69) is 31.1 Å². The van der Waals surface area contributed by atoms with E-state index in [0.29, 0.717) is 0 Å². The van der Waals surface area contributed by atoms with Crippen LogP contribution in [-0.2, 0) is 74.4 Å². The van der Waals surface area contributed by atoms with E-state index in [1.54, 1.807) is 0 Å². The number of hydrogen-bond donors (Lipinski definition) is 10.